The van der Waals surface area contributed by atoms with Crippen LogP contribution in [0.25, 0.3) is 0 Å². The van der Waals surface area contributed by atoms with Crippen LogP contribution in [0.15, 0.2) is 4.47 Å². The van der Waals surface area contributed by atoms with Gasteiger partial charge in [-0.25, -0.2) is 0 Å². The van der Waals surface area contributed by atoms with E-state index in [-0.39, 0.29) is 10.8 Å². The van der Waals surface area contributed by atoms with Crippen molar-refractivity contribution in [2.45, 2.75) is 44.9 Å². The number of hydrogen-bond donors (Lipinski definition) is 2. The van der Waals surface area contributed by atoms with Crippen LogP contribution in [0.2, 0.25) is 0 Å². The van der Waals surface area contributed by atoms with Crippen LogP contribution in [-0.4, -0.2) is 26.3 Å². The molecular formula is C12H23BrN4S. The van der Waals surface area contributed by atoms with Crippen molar-refractivity contribution in [2.24, 2.45) is 12.9 Å². The summed E-state index contributed by atoms with van der Waals surface area (Å²) in [5, 5.41) is 4.40. The van der Waals surface area contributed by atoms with E-state index in [4.69, 9.17) is 5.84 Å². The van der Waals surface area contributed by atoms with E-state index in [9.17, 15) is 0 Å². The summed E-state index contributed by atoms with van der Waals surface area (Å²) in [4.78, 5) is 0. The second-order valence-corrected chi connectivity index (χ2v) is 8.10. The summed E-state index contributed by atoms with van der Waals surface area (Å²) in [6.45, 7) is 8.66. The predicted octanol–water partition coefficient (Wildman–Crippen LogP) is 2.40. The molecule has 1 aromatic heterocycles. The van der Waals surface area contributed by atoms with Gasteiger partial charge in [-0.15, -0.1) is 0 Å². The molecule has 0 aromatic carbocycles. The fourth-order valence-electron chi connectivity index (χ4n) is 1.65. The van der Waals surface area contributed by atoms with Gasteiger partial charge in [-0.1, -0.05) is 20.8 Å². The van der Waals surface area contributed by atoms with Crippen LogP contribution in [0.5, 0.6) is 0 Å². The molecule has 0 saturated heterocycles. The predicted molar refractivity (Wildman–Crippen MR) is 82.7 cm³/mol. The molecule has 0 fully saturated rings. The number of rotatable bonds is 5. The topological polar surface area (TPSA) is 55.9 Å². The molecule has 0 radical (unpaired) electrons. The lowest BCUT2D eigenvalue weighted by molar-refractivity contribution is 0.548. The maximum Gasteiger partial charge on any atom is 0.0738 e. The molecule has 0 amide bonds. The number of nitrogens with one attached hydrogen (secondary N) is 1. The molecule has 1 atom stereocenters. The minimum Gasteiger partial charge on any atom is -0.271 e. The Hall–Kier alpha value is -0.0400. The first-order valence-electron chi connectivity index (χ1n) is 6.02. The Labute approximate surface area is 122 Å². The fraction of sp³-hybridized carbons (Fsp3) is 0.750. The van der Waals surface area contributed by atoms with E-state index in [2.05, 4.69) is 47.2 Å². The van der Waals surface area contributed by atoms with Crippen molar-refractivity contribution in [3.05, 3.63) is 15.9 Å². The summed E-state index contributed by atoms with van der Waals surface area (Å²) < 4.78 is 3.27. The number of nitrogens with zero attached hydrogens (tertiary/aromatic N) is 2. The van der Waals surface area contributed by atoms with Gasteiger partial charge in [0.05, 0.1) is 15.9 Å². The first-order valence-corrected chi connectivity index (χ1v) is 7.80. The molecule has 1 unspecified atom stereocenters. The number of halogens is 1. The Morgan fingerprint density at radius 3 is 2.50 bits per heavy atom. The van der Waals surface area contributed by atoms with Gasteiger partial charge in [0.15, 0.2) is 0 Å². The molecule has 1 aromatic rings. The molecule has 4 nitrogen and oxygen atoms in total. The van der Waals surface area contributed by atoms with Crippen LogP contribution < -0.4 is 11.3 Å². The van der Waals surface area contributed by atoms with Crippen LogP contribution in [0.4, 0.5) is 0 Å². The molecule has 0 spiro atoms. The summed E-state index contributed by atoms with van der Waals surface area (Å²) >= 11 is 5.51. The third-order valence-electron chi connectivity index (χ3n) is 2.65. The maximum atomic E-state index is 5.65. The average Bonchev–Trinajstić information content (AvgIpc) is 2.48. The van der Waals surface area contributed by atoms with Gasteiger partial charge in [0, 0.05) is 30.0 Å². The Morgan fingerprint density at radius 2 is 2.11 bits per heavy atom. The zero-order valence-electron chi connectivity index (χ0n) is 11.7. The van der Waals surface area contributed by atoms with Crippen LogP contribution >= 0.6 is 27.7 Å². The first-order chi connectivity index (χ1) is 8.24. The van der Waals surface area contributed by atoms with Crippen molar-refractivity contribution in [1.82, 2.24) is 15.2 Å². The number of aromatic nitrogens is 2. The van der Waals surface area contributed by atoms with Gasteiger partial charge >= 0.3 is 0 Å². The van der Waals surface area contributed by atoms with Gasteiger partial charge < -0.3 is 0 Å². The monoisotopic (exact) mass is 334 g/mol. The highest BCUT2D eigenvalue weighted by molar-refractivity contribution is 9.10. The van der Waals surface area contributed by atoms with E-state index >= 15 is 0 Å². The first kappa shape index (κ1) is 16.0. The minimum absolute atomic E-state index is 0.250. The second-order valence-electron chi connectivity index (χ2n) is 5.46. The molecule has 6 heteroatoms. The van der Waals surface area contributed by atoms with Crippen LogP contribution in [0.3, 0.4) is 0 Å². The summed E-state index contributed by atoms with van der Waals surface area (Å²) in [5.41, 5.74) is 5.11. The van der Waals surface area contributed by atoms with Crippen molar-refractivity contribution in [3.8, 4) is 0 Å². The largest absolute Gasteiger partial charge is 0.271 e. The molecular weight excluding hydrogens is 312 g/mol. The average molecular weight is 335 g/mol. The zero-order chi connectivity index (χ0) is 13.9. The maximum absolute atomic E-state index is 5.65. The van der Waals surface area contributed by atoms with Gasteiger partial charge in [0.25, 0.3) is 0 Å². The van der Waals surface area contributed by atoms with E-state index < -0.39 is 0 Å². The Balaban J connectivity index is 2.68. The zero-order valence-corrected chi connectivity index (χ0v) is 14.2. The molecule has 0 saturated carbocycles. The molecule has 18 heavy (non-hydrogen) atoms. The van der Waals surface area contributed by atoms with Gasteiger partial charge in [-0.05, 0) is 22.9 Å². The molecule has 0 aliphatic rings. The van der Waals surface area contributed by atoms with E-state index in [1.165, 1.54) is 5.69 Å². The van der Waals surface area contributed by atoms with Crippen LogP contribution in [0, 0.1) is 6.92 Å². The molecule has 1 heterocycles. The van der Waals surface area contributed by atoms with Crippen LogP contribution in [0.1, 0.15) is 32.2 Å². The standard InChI is InChI=1S/C12H23BrN4S/c1-8-11(13)10(17(5)16-8)6-9(15-14)7-18-12(2,3)4/h9,15H,6-7,14H2,1-5H3. The van der Waals surface area contributed by atoms with Crippen molar-refractivity contribution in [3.63, 3.8) is 0 Å². The third kappa shape index (κ3) is 4.57. The summed E-state index contributed by atoms with van der Waals surface area (Å²) in [7, 11) is 1.97. The van der Waals surface area contributed by atoms with Gasteiger partial charge in [0.2, 0.25) is 0 Å². The normalized spacial score (nSPS) is 13.9. The summed E-state index contributed by atoms with van der Waals surface area (Å²) in [6.07, 6.45) is 0.873. The lowest BCUT2D eigenvalue weighted by atomic mass is 10.2. The molecule has 0 bridgehead atoms. The summed E-state index contributed by atoms with van der Waals surface area (Å²) in [6, 6.07) is 0.250. The van der Waals surface area contributed by atoms with E-state index in [1.807, 2.05) is 30.4 Å². The van der Waals surface area contributed by atoms with E-state index in [0.717, 1.165) is 22.3 Å². The van der Waals surface area contributed by atoms with Gasteiger partial charge in [-0.3, -0.25) is 16.0 Å². The SMILES string of the molecule is Cc1nn(C)c(CC(CSC(C)(C)C)NN)c1Br. The van der Waals surface area contributed by atoms with Crippen LogP contribution in [-0.2, 0) is 13.5 Å². The highest BCUT2D eigenvalue weighted by Crippen LogP contribution is 2.26. The number of nitrogens with two attached hydrogens (primary N) is 1. The van der Waals surface area contributed by atoms with E-state index in [1.54, 1.807) is 0 Å². The highest BCUT2D eigenvalue weighted by Gasteiger charge is 2.19. The number of thioether (sulfide) groups is 1. The molecule has 0 aliphatic heterocycles. The lowest BCUT2D eigenvalue weighted by Gasteiger charge is -2.22. The molecule has 1 rings (SSSR count). The number of hydrogen-bond acceptors (Lipinski definition) is 4. The molecule has 104 valence electrons. The lowest BCUT2D eigenvalue weighted by Crippen LogP contribution is -2.40. The van der Waals surface area contributed by atoms with Crippen molar-refractivity contribution in [2.75, 3.05) is 5.75 Å². The smallest absolute Gasteiger partial charge is 0.0738 e. The van der Waals surface area contributed by atoms with E-state index in [0.29, 0.717) is 0 Å². The minimum atomic E-state index is 0.250. The molecule has 3 N–H and O–H groups in total. The van der Waals surface area contributed by atoms with Crippen molar-refractivity contribution in [1.29, 1.82) is 0 Å². The van der Waals surface area contributed by atoms with Gasteiger partial charge in [0.1, 0.15) is 0 Å². The quantitative estimate of drug-likeness (QED) is 0.641. The Bertz CT molecular complexity index is 398. The Kier molecular flexibility index (Phi) is 5.70. The van der Waals surface area contributed by atoms with Crippen molar-refractivity contribution < 1.29 is 0 Å². The summed E-state index contributed by atoms with van der Waals surface area (Å²) in [5.74, 6) is 6.63. The molecule has 0 aliphatic carbocycles. The van der Waals surface area contributed by atoms with Crippen molar-refractivity contribution >= 4 is 27.7 Å². The highest BCUT2D eigenvalue weighted by atomic mass is 79.9. The fourth-order valence-corrected chi connectivity index (χ4v) is 3.06. The second kappa shape index (κ2) is 6.41. The third-order valence-corrected chi connectivity index (χ3v) is 5.12. The Morgan fingerprint density at radius 1 is 1.50 bits per heavy atom. The number of aryl methyl sites for hydroxylation is 2. The number of hydrazine groups is 1. The van der Waals surface area contributed by atoms with Gasteiger partial charge in [-0.2, -0.15) is 16.9 Å².